The van der Waals surface area contributed by atoms with Crippen molar-refractivity contribution in [3.63, 3.8) is 0 Å². The Morgan fingerprint density at radius 2 is 1.92 bits per heavy atom. The molecule has 2 bridgehead atoms. The molecule has 5 rings (SSSR count). The zero-order chi connectivity index (χ0) is 16.4. The van der Waals surface area contributed by atoms with Crippen molar-refractivity contribution in [1.29, 1.82) is 0 Å². The maximum absolute atomic E-state index is 10.2. The number of benzene rings is 2. The molecule has 2 aromatic rings. The van der Waals surface area contributed by atoms with Gasteiger partial charge in [-0.3, -0.25) is 0 Å². The van der Waals surface area contributed by atoms with Crippen molar-refractivity contribution >= 4 is 10.8 Å². The first-order chi connectivity index (χ1) is 11.8. The number of ether oxygens (including phenoxy) is 1. The Labute approximate surface area is 143 Å². The van der Waals surface area contributed by atoms with Gasteiger partial charge >= 0.3 is 0 Å². The molecule has 0 amide bonds. The molecule has 0 aliphatic carbocycles. The van der Waals surface area contributed by atoms with Gasteiger partial charge in [-0.2, -0.15) is 0 Å². The summed E-state index contributed by atoms with van der Waals surface area (Å²) in [6.45, 7) is 4.55. The number of hydrogen-bond acceptors (Lipinski definition) is 4. The third kappa shape index (κ3) is 3.56. The summed E-state index contributed by atoms with van der Waals surface area (Å²) in [7, 11) is 0. The van der Waals surface area contributed by atoms with E-state index >= 15 is 0 Å². The lowest BCUT2D eigenvalue weighted by Gasteiger charge is -2.45. The van der Waals surface area contributed by atoms with Crippen molar-refractivity contribution in [3.05, 3.63) is 42.5 Å². The van der Waals surface area contributed by atoms with Crippen molar-refractivity contribution < 1.29 is 9.84 Å². The van der Waals surface area contributed by atoms with Gasteiger partial charge in [0.1, 0.15) is 18.5 Å². The molecule has 0 radical (unpaired) electrons. The highest BCUT2D eigenvalue weighted by atomic mass is 16.5. The fourth-order valence-electron chi connectivity index (χ4n) is 3.99. The van der Waals surface area contributed by atoms with Gasteiger partial charge in [0.2, 0.25) is 0 Å². The molecule has 128 valence electrons. The van der Waals surface area contributed by atoms with E-state index in [9.17, 15) is 5.11 Å². The number of nitrogens with one attached hydrogen (secondary N) is 1. The maximum atomic E-state index is 10.2. The molecule has 4 nitrogen and oxygen atoms in total. The van der Waals surface area contributed by atoms with Gasteiger partial charge in [0.25, 0.3) is 0 Å². The fraction of sp³-hybridized carbons (Fsp3) is 0.500. The van der Waals surface area contributed by atoms with Crippen molar-refractivity contribution in [2.24, 2.45) is 5.92 Å². The SMILES string of the molecule is OC(CNC1CN2CCC1CC2)COc1ccc2ccccc2c1. The molecule has 2 unspecified atom stereocenters. The Morgan fingerprint density at radius 1 is 1.12 bits per heavy atom. The van der Waals surface area contributed by atoms with Crippen molar-refractivity contribution in [2.75, 3.05) is 32.8 Å². The molecular weight excluding hydrogens is 300 g/mol. The first-order valence-electron chi connectivity index (χ1n) is 9.03. The van der Waals surface area contributed by atoms with E-state index < -0.39 is 6.10 Å². The number of hydrogen-bond donors (Lipinski definition) is 2. The smallest absolute Gasteiger partial charge is 0.120 e. The number of aliphatic hydroxyl groups is 1. The van der Waals surface area contributed by atoms with Crippen molar-refractivity contribution in [1.82, 2.24) is 10.2 Å². The first kappa shape index (κ1) is 15.9. The van der Waals surface area contributed by atoms with E-state index in [2.05, 4.69) is 28.4 Å². The van der Waals surface area contributed by atoms with Crippen molar-refractivity contribution in [2.45, 2.75) is 25.0 Å². The molecule has 0 spiro atoms. The van der Waals surface area contributed by atoms with Gasteiger partial charge in [0, 0.05) is 19.1 Å². The molecule has 3 aliphatic rings. The highest BCUT2D eigenvalue weighted by Gasteiger charge is 2.33. The van der Waals surface area contributed by atoms with Crippen LogP contribution < -0.4 is 10.1 Å². The van der Waals surface area contributed by atoms with Crippen LogP contribution >= 0.6 is 0 Å². The summed E-state index contributed by atoms with van der Waals surface area (Å²) < 4.78 is 5.78. The molecule has 4 heteroatoms. The summed E-state index contributed by atoms with van der Waals surface area (Å²) in [4.78, 5) is 2.52. The first-order valence-corrected chi connectivity index (χ1v) is 9.03. The van der Waals surface area contributed by atoms with E-state index in [0.29, 0.717) is 19.2 Å². The van der Waals surface area contributed by atoms with Gasteiger partial charge in [-0.1, -0.05) is 30.3 Å². The molecule has 3 saturated heterocycles. The Bertz CT molecular complexity index is 682. The average Bonchev–Trinajstić information content (AvgIpc) is 2.65. The largest absolute Gasteiger partial charge is 0.491 e. The van der Waals surface area contributed by atoms with Crippen LogP contribution in [0.2, 0.25) is 0 Å². The Balaban J connectivity index is 1.26. The maximum Gasteiger partial charge on any atom is 0.120 e. The fourth-order valence-corrected chi connectivity index (χ4v) is 3.99. The molecule has 2 aromatic carbocycles. The molecule has 2 N–H and O–H groups in total. The third-order valence-corrected chi connectivity index (χ3v) is 5.44. The highest BCUT2D eigenvalue weighted by molar-refractivity contribution is 5.83. The van der Waals surface area contributed by atoms with Gasteiger partial charge in [0.15, 0.2) is 0 Å². The number of piperidine rings is 3. The lowest BCUT2D eigenvalue weighted by molar-refractivity contribution is 0.0551. The number of nitrogens with zero attached hydrogens (tertiary/aromatic N) is 1. The van der Waals surface area contributed by atoms with E-state index in [1.807, 2.05) is 24.3 Å². The predicted octanol–water partition coefficient (Wildman–Crippen LogP) is 2.26. The van der Waals surface area contributed by atoms with Crippen molar-refractivity contribution in [3.8, 4) is 5.75 Å². The molecule has 0 saturated carbocycles. The number of fused-ring (bicyclic) bond motifs is 4. The summed E-state index contributed by atoms with van der Waals surface area (Å²) >= 11 is 0. The van der Waals surface area contributed by atoms with E-state index in [-0.39, 0.29) is 0 Å². The predicted molar refractivity (Wildman–Crippen MR) is 96.4 cm³/mol. The monoisotopic (exact) mass is 326 g/mol. The van der Waals surface area contributed by atoms with Gasteiger partial charge < -0.3 is 20.1 Å². The zero-order valence-electron chi connectivity index (χ0n) is 14.0. The highest BCUT2D eigenvalue weighted by Crippen LogP contribution is 2.27. The second kappa shape index (κ2) is 7.09. The minimum absolute atomic E-state index is 0.326. The van der Waals surface area contributed by atoms with E-state index in [1.165, 1.54) is 31.3 Å². The summed E-state index contributed by atoms with van der Waals surface area (Å²) in [5.41, 5.74) is 0. The molecule has 3 fully saturated rings. The van der Waals surface area contributed by atoms with E-state index in [4.69, 9.17) is 4.74 Å². The van der Waals surface area contributed by atoms with Crippen LogP contribution in [0.5, 0.6) is 5.75 Å². The Hall–Kier alpha value is -1.62. The summed E-state index contributed by atoms with van der Waals surface area (Å²) in [5.74, 6) is 1.60. The summed E-state index contributed by atoms with van der Waals surface area (Å²) in [6.07, 6.45) is 2.11. The van der Waals surface area contributed by atoms with Crippen LogP contribution in [0.25, 0.3) is 10.8 Å². The second-order valence-electron chi connectivity index (χ2n) is 7.13. The van der Waals surface area contributed by atoms with Gasteiger partial charge in [-0.05, 0) is 54.8 Å². The normalized spacial score (nSPS) is 27.3. The van der Waals surface area contributed by atoms with Gasteiger partial charge in [0.05, 0.1) is 0 Å². The molecule has 2 atom stereocenters. The lowest BCUT2D eigenvalue weighted by atomic mass is 9.84. The topological polar surface area (TPSA) is 44.7 Å². The van der Waals surface area contributed by atoms with E-state index in [0.717, 1.165) is 23.6 Å². The number of rotatable bonds is 6. The van der Waals surface area contributed by atoms with Gasteiger partial charge in [-0.15, -0.1) is 0 Å². The standard InChI is InChI=1S/C20H26N2O2/c23-18(12-21-20-13-22-9-7-16(20)8-10-22)14-24-19-6-5-15-3-1-2-4-17(15)11-19/h1-6,11,16,18,20-21,23H,7-10,12-14H2. The van der Waals surface area contributed by atoms with Crippen LogP contribution in [0, 0.1) is 5.92 Å². The van der Waals surface area contributed by atoms with Crippen LogP contribution in [0.4, 0.5) is 0 Å². The zero-order valence-corrected chi connectivity index (χ0v) is 14.0. The van der Waals surface area contributed by atoms with Gasteiger partial charge in [-0.25, -0.2) is 0 Å². The van der Waals surface area contributed by atoms with Crippen LogP contribution in [-0.2, 0) is 0 Å². The van der Waals surface area contributed by atoms with Crippen LogP contribution in [-0.4, -0.2) is 54.9 Å². The molecule has 0 aromatic heterocycles. The third-order valence-electron chi connectivity index (χ3n) is 5.44. The second-order valence-corrected chi connectivity index (χ2v) is 7.13. The Morgan fingerprint density at radius 3 is 2.67 bits per heavy atom. The lowest BCUT2D eigenvalue weighted by Crippen LogP contribution is -2.57. The van der Waals surface area contributed by atoms with Crippen LogP contribution in [0.15, 0.2) is 42.5 Å². The quantitative estimate of drug-likeness (QED) is 0.855. The minimum Gasteiger partial charge on any atom is -0.491 e. The molecular formula is C20H26N2O2. The molecule has 24 heavy (non-hydrogen) atoms. The average molecular weight is 326 g/mol. The Kier molecular flexibility index (Phi) is 4.69. The molecule has 3 aliphatic heterocycles. The summed E-state index contributed by atoms with van der Waals surface area (Å²) in [5, 5.41) is 16.1. The minimum atomic E-state index is -0.480. The summed E-state index contributed by atoms with van der Waals surface area (Å²) in [6, 6.07) is 14.8. The molecule has 3 heterocycles. The number of aliphatic hydroxyl groups excluding tert-OH is 1. The van der Waals surface area contributed by atoms with E-state index in [1.54, 1.807) is 0 Å². The van der Waals surface area contributed by atoms with Crippen LogP contribution in [0.3, 0.4) is 0 Å². The van der Waals surface area contributed by atoms with Crippen LogP contribution in [0.1, 0.15) is 12.8 Å².